The van der Waals surface area contributed by atoms with Gasteiger partial charge in [-0.15, -0.1) is 24.0 Å². The lowest BCUT2D eigenvalue weighted by atomic mass is 9.79. The average Bonchev–Trinajstić information content (AvgIpc) is 3.15. The summed E-state index contributed by atoms with van der Waals surface area (Å²) in [6.45, 7) is 6.57. The Morgan fingerprint density at radius 1 is 1.15 bits per heavy atom. The molecule has 0 amide bonds. The second-order valence-corrected chi connectivity index (χ2v) is 7.29. The van der Waals surface area contributed by atoms with Crippen LogP contribution in [0.3, 0.4) is 0 Å². The minimum Gasteiger partial charge on any atom is -0.379 e. The average molecular weight is 472 g/mol. The van der Waals surface area contributed by atoms with E-state index in [1.807, 2.05) is 0 Å². The van der Waals surface area contributed by atoms with E-state index in [0.717, 1.165) is 52.4 Å². The molecule has 0 bridgehead atoms. The van der Waals surface area contributed by atoms with E-state index >= 15 is 0 Å². The number of benzene rings is 1. The SMILES string of the molecule is I.NC(=NCC1(c2ccccc2)CCCC1)NCCCN1CCOCC1. The largest absolute Gasteiger partial charge is 0.379 e. The van der Waals surface area contributed by atoms with Crippen LogP contribution in [-0.2, 0) is 10.2 Å². The molecule has 5 nitrogen and oxygen atoms in total. The normalized spacial score (nSPS) is 20.5. The zero-order valence-electron chi connectivity index (χ0n) is 15.7. The number of hydrogen-bond donors (Lipinski definition) is 2. The fourth-order valence-corrected chi connectivity index (χ4v) is 4.02. The third kappa shape index (κ3) is 6.09. The van der Waals surface area contributed by atoms with Gasteiger partial charge < -0.3 is 15.8 Å². The maximum Gasteiger partial charge on any atom is 0.188 e. The standard InChI is InChI=1S/C20H32N4O.HI/c21-19(22-11-6-12-24-13-15-25-16-14-24)23-17-20(9-4-5-10-20)18-7-2-1-3-8-18;/h1-3,7-8H,4-6,9-17H2,(H3,21,22,23);1H. The number of ether oxygens (including phenoxy) is 1. The number of rotatable bonds is 7. The minimum absolute atomic E-state index is 0. The van der Waals surface area contributed by atoms with Crippen LogP contribution in [0.15, 0.2) is 35.3 Å². The van der Waals surface area contributed by atoms with Gasteiger partial charge in [0.25, 0.3) is 0 Å². The van der Waals surface area contributed by atoms with Crippen LogP contribution in [0.5, 0.6) is 0 Å². The Morgan fingerprint density at radius 2 is 1.85 bits per heavy atom. The Balaban J connectivity index is 0.00000243. The highest BCUT2D eigenvalue weighted by atomic mass is 127. The first-order chi connectivity index (χ1) is 12.3. The van der Waals surface area contributed by atoms with Crippen LogP contribution in [0.25, 0.3) is 0 Å². The lowest BCUT2D eigenvalue weighted by molar-refractivity contribution is 0.0376. The fraction of sp³-hybridized carbons (Fsp3) is 0.650. The Morgan fingerprint density at radius 3 is 2.54 bits per heavy atom. The molecular weight excluding hydrogens is 439 g/mol. The first-order valence-corrected chi connectivity index (χ1v) is 9.68. The second-order valence-electron chi connectivity index (χ2n) is 7.29. The topological polar surface area (TPSA) is 62.9 Å². The van der Waals surface area contributed by atoms with Crippen LogP contribution >= 0.6 is 24.0 Å². The molecule has 1 saturated carbocycles. The quantitative estimate of drug-likeness (QED) is 0.277. The van der Waals surface area contributed by atoms with Crippen molar-refractivity contribution in [2.24, 2.45) is 10.7 Å². The van der Waals surface area contributed by atoms with Gasteiger partial charge in [-0.25, -0.2) is 0 Å². The van der Waals surface area contributed by atoms with Crippen molar-refractivity contribution in [2.75, 3.05) is 45.9 Å². The molecule has 1 aliphatic heterocycles. The maximum absolute atomic E-state index is 6.11. The fourth-order valence-electron chi connectivity index (χ4n) is 4.02. The van der Waals surface area contributed by atoms with Gasteiger partial charge in [0.05, 0.1) is 19.8 Å². The maximum atomic E-state index is 6.11. The van der Waals surface area contributed by atoms with Crippen LogP contribution in [-0.4, -0.2) is 56.8 Å². The Hall–Kier alpha value is -0.860. The number of guanidine groups is 1. The van der Waals surface area contributed by atoms with E-state index in [9.17, 15) is 0 Å². The molecule has 0 spiro atoms. The summed E-state index contributed by atoms with van der Waals surface area (Å²) in [5.41, 5.74) is 7.71. The molecule has 1 saturated heterocycles. The molecule has 146 valence electrons. The predicted octanol–water partition coefficient (Wildman–Crippen LogP) is 2.74. The molecule has 0 unspecified atom stereocenters. The summed E-state index contributed by atoms with van der Waals surface area (Å²) in [4.78, 5) is 7.13. The number of hydrogen-bond acceptors (Lipinski definition) is 3. The van der Waals surface area contributed by atoms with Crippen molar-refractivity contribution >= 4 is 29.9 Å². The van der Waals surface area contributed by atoms with Crippen molar-refractivity contribution < 1.29 is 4.74 Å². The van der Waals surface area contributed by atoms with E-state index in [2.05, 4.69) is 45.5 Å². The number of halogens is 1. The number of nitrogens with two attached hydrogens (primary N) is 1. The van der Waals surface area contributed by atoms with E-state index in [1.165, 1.54) is 31.2 Å². The highest BCUT2D eigenvalue weighted by molar-refractivity contribution is 14.0. The Kier molecular flexibility index (Phi) is 9.15. The summed E-state index contributed by atoms with van der Waals surface area (Å²) < 4.78 is 5.37. The minimum atomic E-state index is 0. The molecule has 26 heavy (non-hydrogen) atoms. The predicted molar refractivity (Wildman–Crippen MR) is 118 cm³/mol. The van der Waals surface area contributed by atoms with Gasteiger partial charge in [0.2, 0.25) is 0 Å². The zero-order valence-corrected chi connectivity index (χ0v) is 18.0. The lowest BCUT2D eigenvalue weighted by Gasteiger charge is -2.28. The van der Waals surface area contributed by atoms with Crippen molar-refractivity contribution in [1.82, 2.24) is 10.2 Å². The number of morpholine rings is 1. The van der Waals surface area contributed by atoms with Crippen LogP contribution in [0.2, 0.25) is 0 Å². The number of nitrogens with one attached hydrogen (secondary N) is 1. The molecular formula is C20H33IN4O. The Bertz CT molecular complexity index is 540. The summed E-state index contributed by atoms with van der Waals surface area (Å²) in [6.07, 6.45) is 6.09. The smallest absolute Gasteiger partial charge is 0.188 e. The van der Waals surface area contributed by atoms with Crippen molar-refractivity contribution in [2.45, 2.75) is 37.5 Å². The number of aliphatic imine (C=N–C) groups is 1. The molecule has 3 N–H and O–H groups in total. The van der Waals surface area contributed by atoms with Gasteiger partial charge in [0, 0.05) is 25.0 Å². The Labute approximate surface area is 174 Å². The molecule has 0 radical (unpaired) electrons. The van der Waals surface area contributed by atoms with Crippen molar-refractivity contribution in [3.8, 4) is 0 Å². The van der Waals surface area contributed by atoms with Gasteiger partial charge in [-0.05, 0) is 31.4 Å². The van der Waals surface area contributed by atoms with Gasteiger partial charge in [-0.2, -0.15) is 0 Å². The van der Waals surface area contributed by atoms with Crippen molar-refractivity contribution in [1.29, 1.82) is 0 Å². The van der Waals surface area contributed by atoms with Gasteiger partial charge in [0.1, 0.15) is 0 Å². The summed E-state index contributed by atoms with van der Waals surface area (Å²) >= 11 is 0. The third-order valence-electron chi connectivity index (χ3n) is 5.56. The molecule has 1 aliphatic carbocycles. The molecule has 6 heteroatoms. The van der Waals surface area contributed by atoms with E-state index < -0.39 is 0 Å². The lowest BCUT2D eigenvalue weighted by Crippen LogP contribution is -2.39. The highest BCUT2D eigenvalue weighted by Gasteiger charge is 2.35. The summed E-state index contributed by atoms with van der Waals surface area (Å²) in [7, 11) is 0. The summed E-state index contributed by atoms with van der Waals surface area (Å²) in [6, 6.07) is 10.8. The molecule has 1 aromatic rings. The van der Waals surface area contributed by atoms with Crippen molar-refractivity contribution in [3.05, 3.63) is 35.9 Å². The zero-order chi connectivity index (χ0) is 17.4. The van der Waals surface area contributed by atoms with Crippen LogP contribution in [0.1, 0.15) is 37.7 Å². The molecule has 0 atom stereocenters. The summed E-state index contributed by atoms with van der Waals surface area (Å²) in [5, 5.41) is 3.28. The van der Waals surface area contributed by atoms with Crippen molar-refractivity contribution in [3.63, 3.8) is 0 Å². The van der Waals surface area contributed by atoms with Gasteiger partial charge in [-0.3, -0.25) is 9.89 Å². The van der Waals surface area contributed by atoms with Gasteiger partial charge in [-0.1, -0.05) is 43.2 Å². The van der Waals surface area contributed by atoms with E-state index in [4.69, 9.17) is 10.5 Å². The molecule has 2 aliphatic rings. The van der Waals surface area contributed by atoms with Gasteiger partial charge >= 0.3 is 0 Å². The first-order valence-electron chi connectivity index (χ1n) is 9.68. The van der Waals surface area contributed by atoms with Crippen LogP contribution < -0.4 is 11.1 Å². The number of nitrogens with zero attached hydrogens (tertiary/aromatic N) is 2. The monoisotopic (exact) mass is 472 g/mol. The molecule has 0 aromatic heterocycles. The third-order valence-corrected chi connectivity index (χ3v) is 5.56. The molecule has 2 fully saturated rings. The van der Waals surface area contributed by atoms with Gasteiger partial charge in [0.15, 0.2) is 5.96 Å². The van der Waals surface area contributed by atoms with Crippen LogP contribution in [0.4, 0.5) is 0 Å². The van der Waals surface area contributed by atoms with E-state index in [0.29, 0.717) is 5.96 Å². The molecule has 3 rings (SSSR count). The summed E-state index contributed by atoms with van der Waals surface area (Å²) in [5.74, 6) is 0.587. The van der Waals surface area contributed by atoms with Crippen LogP contribution in [0, 0.1) is 0 Å². The molecule has 1 heterocycles. The van der Waals surface area contributed by atoms with E-state index in [1.54, 1.807) is 0 Å². The highest BCUT2D eigenvalue weighted by Crippen LogP contribution is 2.41. The second kappa shape index (κ2) is 11.1. The molecule has 1 aromatic carbocycles. The van der Waals surface area contributed by atoms with E-state index in [-0.39, 0.29) is 29.4 Å². The first kappa shape index (κ1) is 21.4.